The second kappa shape index (κ2) is 6.62. The SMILES string of the molecule is CCNC(C1=COCCC1)c1cc(C)ccc1OC. The van der Waals surface area contributed by atoms with Gasteiger partial charge in [0, 0.05) is 5.56 Å². The summed E-state index contributed by atoms with van der Waals surface area (Å²) in [5.41, 5.74) is 3.74. The van der Waals surface area contributed by atoms with Crippen LogP contribution in [0.25, 0.3) is 0 Å². The van der Waals surface area contributed by atoms with Crippen LogP contribution in [-0.4, -0.2) is 20.3 Å². The average Bonchev–Trinajstić information content (AvgIpc) is 2.45. The topological polar surface area (TPSA) is 30.5 Å². The molecule has 1 heterocycles. The van der Waals surface area contributed by atoms with Crippen molar-refractivity contribution >= 4 is 0 Å². The van der Waals surface area contributed by atoms with E-state index in [1.165, 1.54) is 16.7 Å². The predicted octanol–water partition coefficient (Wildman–Crippen LogP) is 3.35. The van der Waals surface area contributed by atoms with Gasteiger partial charge in [0.15, 0.2) is 0 Å². The van der Waals surface area contributed by atoms with E-state index in [-0.39, 0.29) is 6.04 Å². The molecular weight excluding hydrogens is 238 g/mol. The highest BCUT2D eigenvalue weighted by molar-refractivity contribution is 5.42. The van der Waals surface area contributed by atoms with Crippen molar-refractivity contribution in [1.29, 1.82) is 0 Å². The summed E-state index contributed by atoms with van der Waals surface area (Å²) >= 11 is 0. The molecule has 2 rings (SSSR count). The maximum absolute atomic E-state index is 5.51. The van der Waals surface area contributed by atoms with Crippen LogP contribution in [0.1, 0.15) is 36.9 Å². The van der Waals surface area contributed by atoms with Gasteiger partial charge in [0.05, 0.1) is 26.0 Å². The molecule has 0 saturated carbocycles. The van der Waals surface area contributed by atoms with E-state index in [1.807, 2.05) is 12.3 Å². The predicted molar refractivity (Wildman–Crippen MR) is 77.4 cm³/mol. The number of hydrogen-bond acceptors (Lipinski definition) is 3. The van der Waals surface area contributed by atoms with E-state index in [4.69, 9.17) is 9.47 Å². The normalized spacial score (nSPS) is 16.5. The molecule has 0 saturated heterocycles. The molecule has 1 aromatic rings. The second-order valence-electron chi connectivity index (χ2n) is 4.90. The van der Waals surface area contributed by atoms with Crippen molar-refractivity contribution in [3.05, 3.63) is 41.2 Å². The third kappa shape index (κ3) is 3.29. The summed E-state index contributed by atoms with van der Waals surface area (Å²) in [6.45, 7) is 5.98. The number of methoxy groups -OCH3 is 1. The molecule has 1 aromatic carbocycles. The lowest BCUT2D eigenvalue weighted by atomic mass is 9.93. The van der Waals surface area contributed by atoms with Crippen LogP contribution in [0, 0.1) is 6.92 Å². The highest BCUT2D eigenvalue weighted by Crippen LogP contribution is 2.33. The van der Waals surface area contributed by atoms with E-state index >= 15 is 0 Å². The quantitative estimate of drug-likeness (QED) is 0.881. The smallest absolute Gasteiger partial charge is 0.123 e. The maximum atomic E-state index is 5.51. The molecule has 3 nitrogen and oxygen atoms in total. The van der Waals surface area contributed by atoms with Gasteiger partial charge in [-0.2, -0.15) is 0 Å². The molecule has 0 aliphatic carbocycles. The number of likely N-dealkylation sites (N-methyl/N-ethyl adjacent to an activating group) is 1. The molecule has 0 bridgehead atoms. The van der Waals surface area contributed by atoms with E-state index in [0.29, 0.717) is 0 Å². The van der Waals surface area contributed by atoms with Crippen molar-refractivity contribution < 1.29 is 9.47 Å². The lowest BCUT2D eigenvalue weighted by molar-refractivity contribution is 0.219. The zero-order valence-electron chi connectivity index (χ0n) is 12.0. The van der Waals surface area contributed by atoms with Crippen molar-refractivity contribution in [3.63, 3.8) is 0 Å². The van der Waals surface area contributed by atoms with Crippen molar-refractivity contribution in [2.24, 2.45) is 0 Å². The molecule has 19 heavy (non-hydrogen) atoms. The first-order chi connectivity index (χ1) is 9.26. The standard InChI is InChI=1S/C16H23NO2/c1-4-17-16(13-6-5-9-19-11-13)14-10-12(2)7-8-15(14)18-3/h7-8,10-11,16-17H,4-6,9H2,1-3H3. The Morgan fingerprint density at radius 3 is 2.89 bits per heavy atom. The summed E-state index contributed by atoms with van der Waals surface area (Å²) in [6, 6.07) is 6.50. The van der Waals surface area contributed by atoms with Crippen LogP contribution in [0.2, 0.25) is 0 Å². The molecule has 0 fully saturated rings. The Bertz CT molecular complexity index is 454. The highest BCUT2D eigenvalue weighted by atomic mass is 16.5. The zero-order valence-corrected chi connectivity index (χ0v) is 12.0. The van der Waals surface area contributed by atoms with Crippen LogP contribution in [0.3, 0.4) is 0 Å². The molecule has 1 atom stereocenters. The second-order valence-corrected chi connectivity index (χ2v) is 4.90. The van der Waals surface area contributed by atoms with Gasteiger partial charge in [0.2, 0.25) is 0 Å². The van der Waals surface area contributed by atoms with E-state index in [2.05, 4.69) is 31.3 Å². The van der Waals surface area contributed by atoms with Gasteiger partial charge < -0.3 is 14.8 Å². The van der Waals surface area contributed by atoms with Gasteiger partial charge in [-0.05, 0) is 37.9 Å². The van der Waals surface area contributed by atoms with Crippen molar-refractivity contribution in [2.75, 3.05) is 20.3 Å². The van der Waals surface area contributed by atoms with Gasteiger partial charge in [-0.3, -0.25) is 0 Å². The average molecular weight is 261 g/mol. The first-order valence-corrected chi connectivity index (χ1v) is 6.94. The van der Waals surface area contributed by atoms with Crippen LogP contribution in [0.15, 0.2) is 30.0 Å². The summed E-state index contributed by atoms with van der Waals surface area (Å²) in [5.74, 6) is 0.933. The Kier molecular flexibility index (Phi) is 4.86. The summed E-state index contributed by atoms with van der Waals surface area (Å²) in [4.78, 5) is 0. The maximum Gasteiger partial charge on any atom is 0.123 e. The number of hydrogen-bond donors (Lipinski definition) is 1. The highest BCUT2D eigenvalue weighted by Gasteiger charge is 2.21. The van der Waals surface area contributed by atoms with Gasteiger partial charge in [-0.15, -0.1) is 0 Å². The molecule has 1 aliphatic rings. The van der Waals surface area contributed by atoms with Gasteiger partial charge in [-0.1, -0.05) is 24.6 Å². The minimum atomic E-state index is 0.181. The fourth-order valence-corrected chi connectivity index (χ4v) is 2.52. The molecule has 0 amide bonds. The number of rotatable bonds is 5. The lowest BCUT2D eigenvalue weighted by Gasteiger charge is -2.26. The van der Waals surface area contributed by atoms with Crippen molar-refractivity contribution in [1.82, 2.24) is 5.32 Å². The van der Waals surface area contributed by atoms with Gasteiger partial charge >= 0.3 is 0 Å². The number of aryl methyl sites for hydroxylation is 1. The van der Waals surface area contributed by atoms with Gasteiger partial charge in [0.1, 0.15) is 5.75 Å². The first-order valence-electron chi connectivity index (χ1n) is 6.94. The van der Waals surface area contributed by atoms with Crippen LogP contribution in [0.4, 0.5) is 0 Å². The largest absolute Gasteiger partial charge is 0.501 e. The first kappa shape index (κ1) is 13.9. The van der Waals surface area contributed by atoms with Crippen molar-refractivity contribution in [3.8, 4) is 5.75 Å². The monoisotopic (exact) mass is 261 g/mol. The molecule has 0 spiro atoms. The lowest BCUT2D eigenvalue weighted by Crippen LogP contribution is -2.25. The number of ether oxygens (including phenoxy) is 2. The third-order valence-corrected chi connectivity index (χ3v) is 3.44. The number of benzene rings is 1. The fraction of sp³-hybridized carbons (Fsp3) is 0.500. The van der Waals surface area contributed by atoms with E-state index in [1.54, 1.807) is 7.11 Å². The fourth-order valence-electron chi connectivity index (χ4n) is 2.52. The molecule has 0 aromatic heterocycles. The summed E-state index contributed by atoms with van der Waals surface area (Å²) in [5, 5.41) is 3.54. The molecule has 1 aliphatic heterocycles. The minimum absolute atomic E-state index is 0.181. The molecular formula is C16H23NO2. The Morgan fingerprint density at radius 2 is 2.26 bits per heavy atom. The zero-order chi connectivity index (χ0) is 13.7. The van der Waals surface area contributed by atoms with E-state index in [9.17, 15) is 0 Å². The Balaban J connectivity index is 2.37. The van der Waals surface area contributed by atoms with Crippen LogP contribution < -0.4 is 10.1 Å². The van der Waals surface area contributed by atoms with Crippen LogP contribution >= 0.6 is 0 Å². The minimum Gasteiger partial charge on any atom is -0.501 e. The van der Waals surface area contributed by atoms with Crippen LogP contribution in [0.5, 0.6) is 5.75 Å². The molecule has 1 N–H and O–H groups in total. The molecule has 3 heteroatoms. The van der Waals surface area contributed by atoms with E-state index < -0.39 is 0 Å². The summed E-state index contributed by atoms with van der Waals surface area (Å²) < 4.78 is 11.0. The Morgan fingerprint density at radius 1 is 1.42 bits per heavy atom. The molecule has 0 radical (unpaired) electrons. The van der Waals surface area contributed by atoms with Crippen molar-refractivity contribution in [2.45, 2.75) is 32.7 Å². The molecule has 104 valence electrons. The Hall–Kier alpha value is -1.48. The Labute approximate surface area is 115 Å². The molecule has 1 unspecified atom stereocenters. The van der Waals surface area contributed by atoms with Gasteiger partial charge in [0.25, 0.3) is 0 Å². The summed E-state index contributed by atoms with van der Waals surface area (Å²) in [6.07, 6.45) is 4.08. The summed E-state index contributed by atoms with van der Waals surface area (Å²) in [7, 11) is 1.73. The van der Waals surface area contributed by atoms with E-state index in [0.717, 1.165) is 31.7 Å². The number of nitrogens with one attached hydrogen (secondary N) is 1. The van der Waals surface area contributed by atoms with Gasteiger partial charge in [-0.25, -0.2) is 0 Å². The third-order valence-electron chi connectivity index (χ3n) is 3.44. The van der Waals surface area contributed by atoms with Crippen LogP contribution in [-0.2, 0) is 4.74 Å².